The Balaban J connectivity index is 2.49. The second-order valence-electron chi connectivity index (χ2n) is 4.14. The van der Waals surface area contributed by atoms with Crippen molar-refractivity contribution in [2.45, 2.75) is 0 Å². The lowest BCUT2D eigenvalue weighted by Gasteiger charge is -2.10. The fourth-order valence-electron chi connectivity index (χ4n) is 2.27. The van der Waals surface area contributed by atoms with Crippen molar-refractivity contribution >= 4 is 22.2 Å². The first-order chi connectivity index (χ1) is 9.67. The van der Waals surface area contributed by atoms with E-state index in [0.717, 1.165) is 0 Å². The number of hydrogen-bond acceptors (Lipinski definition) is 5. The fraction of sp³-hybridized carbons (Fsp3) is 0.154. The summed E-state index contributed by atoms with van der Waals surface area (Å²) in [6.07, 6.45) is 3.09. The number of methoxy groups -OCH3 is 2. The topological polar surface area (TPSA) is 78.9 Å². The van der Waals surface area contributed by atoms with Crippen LogP contribution in [0.4, 0.5) is 5.69 Å². The zero-order valence-electron chi connectivity index (χ0n) is 10.9. The van der Waals surface area contributed by atoms with Crippen LogP contribution in [-0.4, -0.2) is 28.5 Å². The van der Waals surface area contributed by atoms with E-state index in [0.29, 0.717) is 28.0 Å². The highest BCUT2D eigenvalue weighted by Crippen LogP contribution is 2.34. The number of nitrogens with zero attached hydrogens (tertiary/aromatic N) is 3. The molecule has 7 heteroatoms. The van der Waals surface area contributed by atoms with Gasteiger partial charge in [-0.1, -0.05) is 0 Å². The molecule has 1 aromatic carbocycles. The molecule has 0 aliphatic heterocycles. The van der Waals surface area contributed by atoms with Crippen LogP contribution in [0.1, 0.15) is 0 Å². The molecule has 0 radical (unpaired) electrons. The monoisotopic (exact) mass is 273 g/mol. The van der Waals surface area contributed by atoms with Crippen molar-refractivity contribution in [3.05, 3.63) is 40.7 Å². The summed E-state index contributed by atoms with van der Waals surface area (Å²) in [7, 11) is 3.09. The maximum Gasteiger partial charge on any atom is 0.296 e. The van der Waals surface area contributed by atoms with Gasteiger partial charge in [0.25, 0.3) is 5.69 Å². The van der Waals surface area contributed by atoms with E-state index in [1.54, 1.807) is 29.8 Å². The average molecular weight is 273 g/mol. The van der Waals surface area contributed by atoms with Crippen molar-refractivity contribution in [1.82, 2.24) is 9.38 Å². The van der Waals surface area contributed by atoms with Gasteiger partial charge >= 0.3 is 0 Å². The van der Waals surface area contributed by atoms with Gasteiger partial charge in [-0.2, -0.15) is 0 Å². The largest absolute Gasteiger partial charge is 0.494 e. The molecule has 0 spiro atoms. The van der Waals surface area contributed by atoms with Gasteiger partial charge in [-0.3, -0.25) is 10.1 Å². The normalized spacial score (nSPS) is 10.9. The Morgan fingerprint density at radius 2 is 1.90 bits per heavy atom. The third-order valence-electron chi connectivity index (χ3n) is 3.17. The van der Waals surface area contributed by atoms with Crippen LogP contribution in [0.15, 0.2) is 30.6 Å². The molecule has 2 aromatic heterocycles. The Morgan fingerprint density at radius 1 is 1.20 bits per heavy atom. The molecule has 0 fully saturated rings. The highest BCUT2D eigenvalue weighted by molar-refractivity contribution is 5.90. The average Bonchev–Trinajstić information content (AvgIpc) is 2.90. The first-order valence-corrected chi connectivity index (χ1v) is 5.82. The highest BCUT2D eigenvalue weighted by Gasteiger charge is 2.18. The van der Waals surface area contributed by atoms with E-state index >= 15 is 0 Å². The molecule has 0 amide bonds. The SMILES string of the molecule is COc1ccc(OC)c2c1ncc1c([N+](=O)[O-])ccn12. The Morgan fingerprint density at radius 3 is 2.55 bits per heavy atom. The molecular weight excluding hydrogens is 262 g/mol. The summed E-state index contributed by atoms with van der Waals surface area (Å²) >= 11 is 0. The second kappa shape index (κ2) is 4.37. The maximum absolute atomic E-state index is 11.0. The van der Waals surface area contributed by atoms with Crippen LogP contribution in [0.3, 0.4) is 0 Å². The van der Waals surface area contributed by atoms with Crippen molar-refractivity contribution in [3.63, 3.8) is 0 Å². The first-order valence-electron chi connectivity index (χ1n) is 5.82. The molecular formula is C13H11N3O4. The summed E-state index contributed by atoms with van der Waals surface area (Å²) in [4.78, 5) is 14.8. The van der Waals surface area contributed by atoms with E-state index in [-0.39, 0.29) is 5.69 Å². The maximum atomic E-state index is 11.0. The van der Waals surface area contributed by atoms with E-state index in [1.165, 1.54) is 19.4 Å². The molecule has 0 aliphatic carbocycles. The first kappa shape index (κ1) is 12.2. The quantitative estimate of drug-likeness (QED) is 0.541. The number of rotatable bonds is 3. The van der Waals surface area contributed by atoms with E-state index < -0.39 is 4.92 Å². The third-order valence-corrected chi connectivity index (χ3v) is 3.17. The van der Waals surface area contributed by atoms with Crippen molar-refractivity contribution in [2.75, 3.05) is 14.2 Å². The molecule has 3 aromatic rings. The van der Waals surface area contributed by atoms with Gasteiger partial charge in [-0.15, -0.1) is 0 Å². The van der Waals surface area contributed by atoms with Gasteiger partial charge < -0.3 is 13.9 Å². The number of benzene rings is 1. The molecule has 102 valence electrons. The van der Waals surface area contributed by atoms with Crippen LogP contribution in [0.2, 0.25) is 0 Å². The predicted octanol–water partition coefficient (Wildman–Crippen LogP) is 2.41. The van der Waals surface area contributed by atoms with Gasteiger partial charge in [0.15, 0.2) is 0 Å². The zero-order chi connectivity index (χ0) is 14.3. The van der Waals surface area contributed by atoms with Gasteiger partial charge in [0.1, 0.15) is 28.0 Å². The predicted molar refractivity (Wildman–Crippen MR) is 72.5 cm³/mol. The minimum absolute atomic E-state index is 0.00396. The molecule has 0 bridgehead atoms. The minimum Gasteiger partial charge on any atom is -0.494 e. The zero-order valence-corrected chi connectivity index (χ0v) is 10.9. The van der Waals surface area contributed by atoms with E-state index in [1.807, 2.05) is 0 Å². The van der Waals surface area contributed by atoms with Gasteiger partial charge in [0.2, 0.25) is 0 Å². The molecule has 2 heterocycles. The lowest BCUT2D eigenvalue weighted by molar-refractivity contribution is -0.383. The van der Waals surface area contributed by atoms with E-state index in [4.69, 9.17) is 9.47 Å². The van der Waals surface area contributed by atoms with Crippen molar-refractivity contribution in [2.24, 2.45) is 0 Å². The van der Waals surface area contributed by atoms with E-state index in [9.17, 15) is 10.1 Å². The molecule has 0 atom stereocenters. The van der Waals surface area contributed by atoms with Crippen LogP contribution in [0.25, 0.3) is 16.6 Å². The van der Waals surface area contributed by atoms with Crippen LogP contribution >= 0.6 is 0 Å². The van der Waals surface area contributed by atoms with Crippen LogP contribution in [0, 0.1) is 10.1 Å². The summed E-state index contributed by atoms with van der Waals surface area (Å²) < 4.78 is 12.3. The smallest absolute Gasteiger partial charge is 0.296 e. The molecule has 7 nitrogen and oxygen atoms in total. The molecule has 0 unspecified atom stereocenters. The summed E-state index contributed by atoms with van der Waals surface area (Å²) in [6, 6.07) is 4.93. The minimum atomic E-state index is -0.435. The summed E-state index contributed by atoms with van der Waals surface area (Å²) in [6.45, 7) is 0. The standard InChI is InChI=1S/C13H11N3O4/c1-19-10-3-4-11(20-2)13-12(10)14-7-9-8(16(17)18)5-6-15(9)13/h3-7H,1-2H3. The van der Waals surface area contributed by atoms with Crippen molar-refractivity contribution < 1.29 is 14.4 Å². The number of hydrogen-bond donors (Lipinski definition) is 0. The molecule has 0 aliphatic rings. The van der Waals surface area contributed by atoms with Crippen LogP contribution in [0.5, 0.6) is 11.5 Å². The van der Waals surface area contributed by atoms with Gasteiger partial charge in [-0.25, -0.2) is 4.98 Å². The number of aromatic nitrogens is 2. The van der Waals surface area contributed by atoms with Gasteiger partial charge in [0, 0.05) is 12.3 Å². The molecule has 20 heavy (non-hydrogen) atoms. The summed E-state index contributed by atoms with van der Waals surface area (Å²) in [5.74, 6) is 1.16. The Labute approximate surface area is 113 Å². The number of fused-ring (bicyclic) bond motifs is 3. The molecule has 0 saturated carbocycles. The lowest BCUT2D eigenvalue weighted by atomic mass is 10.2. The summed E-state index contributed by atoms with van der Waals surface area (Å²) in [5, 5.41) is 11.0. The third kappa shape index (κ3) is 1.56. The molecule has 0 N–H and O–H groups in total. The number of nitro groups is 1. The van der Waals surface area contributed by atoms with Crippen LogP contribution in [-0.2, 0) is 0 Å². The van der Waals surface area contributed by atoms with Crippen molar-refractivity contribution in [3.8, 4) is 11.5 Å². The van der Waals surface area contributed by atoms with Crippen LogP contribution < -0.4 is 9.47 Å². The van der Waals surface area contributed by atoms with Gasteiger partial charge in [-0.05, 0) is 12.1 Å². The molecule has 0 saturated heterocycles. The number of ether oxygens (including phenoxy) is 2. The summed E-state index contributed by atoms with van der Waals surface area (Å²) in [5.41, 5.74) is 1.64. The fourth-order valence-corrected chi connectivity index (χ4v) is 2.27. The van der Waals surface area contributed by atoms with E-state index in [2.05, 4.69) is 4.98 Å². The Kier molecular flexibility index (Phi) is 2.67. The van der Waals surface area contributed by atoms with Crippen molar-refractivity contribution in [1.29, 1.82) is 0 Å². The van der Waals surface area contributed by atoms with Gasteiger partial charge in [0.05, 0.1) is 25.3 Å². The Hall–Kier alpha value is -2.83. The second-order valence-corrected chi connectivity index (χ2v) is 4.14. The lowest BCUT2D eigenvalue weighted by Crippen LogP contribution is -1.97. The Bertz CT molecular complexity index is 825. The molecule has 3 rings (SSSR count). The highest BCUT2D eigenvalue weighted by atomic mass is 16.6.